The highest BCUT2D eigenvalue weighted by Crippen LogP contribution is 2.28. The van der Waals surface area contributed by atoms with Crippen molar-refractivity contribution in [2.24, 2.45) is 0 Å². The number of rotatable bonds is 2. The van der Waals surface area contributed by atoms with E-state index in [9.17, 15) is 9.59 Å². The molecule has 0 spiro atoms. The maximum atomic E-state index is 11.5. The van der Waals surface area contributed by atoms with Gasteiger partial charge >= 0.3 is 0 Å². The van der Waals surface area contributed by atoms with Crippen molar-refractivity contribution < 1.29 is 9.59 Å². The first-order valence-corrected chi connectivity index (χ1v) is 5.58. The molecule has 1 aromatic carbocycles. The molecular weight excluding hydrogens is 224 g/mol. The van der Waals surface area contributed by atoms with Crippen molar-refractivity contribution in [2.45, 2.75) is 11.8 Å². The van der Waals surface area contributed by atoms with Gasteiger partial charge in [0.1, 0.15) is 0 Å². The Morgan fingerprint density at radius 2 is 1.88 bits per heavy atom. The summed E-state index contributed by atoms with van der Waals surface area (Å²) >= 11 is 1.09. The van der Waals surface area contributed by atoms with E-state index >= 15 is 0 Å². The predicted octanol–water partition coefficient (Wildman–Crippen LogP) is 2.42. The van der Waals surface area contributed by atoms with Crippen molar-refractivity contribution in [3.63, 3.8) is 0 Å². The maximum Gasteiger partial charge on any atom is 0.286 e. The van der Waals surface area contributed by atoms with Gasteiger partial charge in [-0.15, -0.1) is 0 Å². The fourth-order valence-electron chi connectivity index (χ4n) is 1.03. The molecule has 86 valence electrons. The molecule has 0 aliphatic carbocycles. The van der Waals surface area contributed by atoms with E-state index in [-0.39, 0.29) is 11.1 Å². The second-order valence-corrected chi connectivity index (χ2v) is 4.43. The van der Waals surface area contributed by atoms with Crippen LogP contribution in [0.2, 0.25) is 0 Å². The molecule has 0 saturated heterocycles. The average molecular weight is 238 g/mol. The van der Waals surface area contributed by atoms with Gasteiger partial charge in [0.25, 0.3) is 5.24 Å². The van der Waals surface area contributed by atoms with Crippen LogP contribution in [0.4, 0.5) is 10.5 Å². The molecule has 5 heteroatoms. The number of amides is 2. The summed E-state index contributed by atoms with van der Waals surface area (Å²) in [5, 5.41) is 2.62. The normalized spacial score (nSPS) is 9.69. The third-order valence-corrected chi connectivity index (χ3v) is 2.88. The first-order valence-electron chi connectivity index (χ1n) is 4.76. The Bertz CT molecular complexity index is 405. The van der Waals surface area contributed by atoms with E-state index in [4.69, 9.17) is 0 Å². The Morgan fingerprint density at radius 3 is 2.44 bits per heavy atom. The van der Waals surface area contributed by atoms with Crippen LogP contribution >= 0.6 is 11.8 Å². The van der Waals surface area contributed by atoms with Crippen LogP contribution in [0.15, 0.2) is 29.2 Å². The Balaban J connectivity index is 2.86. The van der Waals surface area contributed by atoms with E-state index in [0.717, 1.165) is 16.7 Å². The Hall–Kier alpha value is -1.49. The number of anilines is 1. The van der Waals surface area contributed by atoms with Crippen LogP contribution in [0.3, 0.4) is 0 Å². The fraction of sp³-hybridized carbons (Fsp3) is 0.273. The van der Waals surface area contributed by atoms with Crippen LogP contribution in [-0.4, -0.2) is 30.1 Å². The zero-order valence-corrected chi connectivity index (χ0v) is 10.3. The Kier molecular flexibility index (Phi) is 4.37. The number of carbonyl (C=O) groups is 2. The van der Waals surface area contributed by atoms with E-state index in [2.05, 4.69) is 5.32 Å². The van der Waals surface area contributed by atoms with Crippen LogP contribution < -0.4 is 5.32 Å². The van der Waals surface area contributed by atoms with Crippen molar-refractivity contribution in [3.05, 3.63) is 24.3 Å². The minimum absolute atomic E-state index is 0.0715. The third kappa shape index (κ3) is 3.58. The summed E-state index contributed by atoms with van der Waals surface area (Å²) in [6, 6.07) is 7.22. The lowest BCUT2D eigenvalue weighted by Crippen LogP contribution is -2.16. The highest BCUT2D eigenvalue weighted by atomic mass is 32.2. The minimum Gasteiger partial charge on any atom is -0.339 e. The van der Waals surface area contributed by atoms with Crippen LogP contribution in [0.25, 0.3) is 0 Å². The van der Waals surface area contributed by atoms with Gasteiger partial charge < -0.3 is 10.2 Å². The number of nitrogens with one attached hydrogen (secondary N) is 1. The second kappa shape index (κ2) is 5.55. The van der Waals surface area contributed by atoms with Gasteiger partial charge in [0.15, 0.2) is 0 Å². The Morgan fingerprint density at radius 1 is 1.25 bits per heavy atom. The molecule has 0 bridgehead atoms. The highest BCUT2D eigenvalue weighted by molar-refractivity contribution is 8.13. The molecule has 4 nitrogen and oxygen atoms in total. The zero-order chi connectivity index (χ0) is 12.1. The van der Waals surface area contributed by atoms with E-state index in [0.29, 0.717) is 5.69 Å². The highest BCUT2D eigenvalue weighted by Gasteiger charge is 2.10. The van der Waals surface area contributed by atoms with Gasteiger partial charge in [0, 0.05) is 25.9 Å². The van der Waals surface area contributed by atoms with E-state index in [1.807, 2.05) is 12.1 Å². The smallest absolute Gasteiger partial charge is 0.286 e. The van der Waals surface area contributed by atoms with Crippen LogP contribution in [-0.2, 0) is 4.79 Å². The van der Waals surface area contributed by atoms with Crippen molar-refractivity contribution >= 4 is 28.6 Å². The van der Waals surface area contributed by atoms with Gasteiger partial charge in [-0.2, -0.15) is 0 Å². The van der Waals surface area contributed by atoms with Gasteiger partial charge in [-0.1, -0.05) is 12.1 Å². The van der Waals surface area contributed by atoms with Crippen molar-refractivity contribution in [1.29, 1.82) is 0 Å². The molecule has 1 aromatic rings. The number of carbonyl (C=O) groups excluding carboxylic acids is 2. The lowest BCUT2D eigenvalue weighted by Gasteiger charge is -2.12. The largest absolute Gasteiger partial charge is 0.339 e. The predicted molar refractivity (Wildman–Crippen MR) is 65.7 cm³/mol. The van der Waals surface area contributed by atoms with Gasteiger partial charge in [0.05, 0.1) is 5.69 Å². The molecule has 0 aromatic heterocycles. The van der Waals surface area contributed by atoms with Gasteiger partial charge in [-0.05, 0) is 23.9 Å². The van der Waals surface area contributed by atoms with Crippen molar-refractivity contribution in [2.75, 3.05) is 19.4 Å². The number of para-hydroxylation sites is 1. The number of nitrogens with zero attached hydrogens (tertiary/aromatic N) is 1. The van der Waals surface area contributed by atoms with Gasteiger partial charge in [-0.3, -0.25) is 9.59 Å². The molecule has 0 unspecified atom stereocenters. The topological polar surface area (TPSA) is 49.4 Å². The molecule has 0 heterocycles. The lowest BCUT2D eigenvalue weighted by atomic mass is 10.3. The van der Waals surface area contributed by atoms with Gasteiger partial charge in [-0.25, -0.2) is 0 Å². The maximum absolute atomic E-state index is 11.5. The summed E-state index contributed by atoms with van der Waals surface area (Å²) in [5.74, 6) is -0.148. The quantitative estimate of drug-likeness (QED) is 0.805. The Labute approximate surface area is 99.0 Å². The molecule has 1 rings (SSSR count). The minimum atomic E-state index is -0.148. The summed E-state index contributed by atoms with van der Waals surface area (Å²) in [6.45, 7) is 1.44. The van der Waals surface area contributed by atoms with E-state index in [1.54, 1.807) is 26.2 Å². The SMILES string of the molecule is CC(=O)Nc1ccccc1SC(=O)N(C)C. The zero-order valence-electron chi connectivity index (χ0n) is 9.48. The van der Waals surface area contributed by atoms with Crippen molar-refractivity contribution in [3.8, 4) is 0 Å². The molecular formula is C11H14N2O2S. The first kappa shape index (κ1) is 12.6. The molecule has 2 amide bonds. The number of hydrogen-bond donors (Lipinski definition) is 1. The summed E-state index contributed by atoms with van der Waals surface area (Å²) in [5.41, 5.74) is 0.662. The lowest BCUT2D eigenvalue weighted by molar-refractivity contribution is -0.114. The van der Waals surface area contributed by atoms with E-state index in [1.165, 1.54) is 11.8 Å². The monoisotopic (exact) mass is 238 g/mol. The number of hydrogen-bond acceptors (Lipinski definition) is 3. The van der Waals surface area contributed by atoms with Crippen LogP contribution in [0, 0.1) is 0 Å². The molecule has 0 aliphatic rings. The third-order valence-electron chi connectivity index (χ3n) is 1.76. The fourth-order valence-corrected chi connectivity index (χ4v) is 1.78. The average Bonchev–Trinajstić information content (AvgIpc) is 2.20. The first-order chi connectivity index (χ1) is 7.50. The molecule has 1 N–H and O–H groups in total. The summed E-state index contributed by atoms with van der Waals surface area (Å²) < 4.78 is 0. The summed E-state index contributed by atoms with van der Waals surface area (Å²) in [4.78, 5) is 24.7. The molecule has 0 atom stereocenters. The standard InChI is InChI=1S/C11H14N2O2S/c1-8(14)12-9-6-4-5-7-10(9)16-11(15)13(2)3/h4-7H,1-3H3,(H,12,14). The molecule has 16 heavy (non-hydrogen) atoms. The van der Waals surface area contributed by atoms with Crippen LogP contribution in [0.1, 0.15) is 6.92 Å². The number of benzene rings is 1. The van der Waals surface area contributed by atoms with Crippen molar-refractivity contribution in [1.82, 2.24) is 4.90 Å². The molecule has 0 saturated carbocycles. The molecule has 0 aliphatic heterocycles. The second-order valence-electron chi connectivity index (χ2n) is 3.44. The van der Waals surface area contributed by atoms with Crippen LogP contribution in [0.5, 0.6) is 0 Å². The van der Waals surface area contributed by atoms with E-state index < -0.39 is 0 Å². The van der Waals surface area contributed by atoms with Gasteiger partial charge in [0.2, 0.25) is 5.91 Å². The molecule has 0 radical (unpaired) electrons. The summed E-state index contributed by atoms with van der Waals surface area (Å²) in [6.07, 6.45) is 0. The number of thioether (sulfide) groups is 1. The summed E-state index contributed by atoms with van der Waals surface area (Å²) in [7, 11) is 3.38. The molecule has 0 fully saturated rings.